The first-order valence-electron chi connectivity index (χ1n) is 6.70. The van der Waals surface area contributed by atoms with Crippen LogP contribution in [-0.2, 0) is 4.74 Å². The van der Waals surface area contributed by atoms with Crippen molar-refractivity contribution in [2.45, 2.75) is 19.8 Å². The Morgan fingerprint density at radius 1 is 1.52 bits per heavy atom. The quantitative estimate of drug-likeness (QED) is 0.372. The van der Waals surface area contributed by atoms with Crippen molar-refractivity contribution in [3.8, 4) is 0 Å². The van der Waals surface area contributed by atoms with Crippen LogP contribution in [0.5, 0.6) is 0 Å². The fourth-order valence-corrected chi connectivity index (χ4v) is 1.96. The van der Waals surface area contributed by atoms with Gasteiger partial charge < -0.3 is 15.8 Å². The van der Waals surface area contributed by atoms with E-state index in [4.69, 9.17) is 27.5 Å². The number of H-pyrrole nitrogens is 1. The summed E-state index contributed by atoms with van der Waals surface area (Å²) in [6.07, 6.45) is 1.89. The molecule has 0 saturated heterocycles. The van der Waals surface area contributed by atoms with E-state index in [1.807, 2.05) is 12.1 Å². The third-order valence-corrected chi connectivity index (χ3v) is 3.09. The van der Waals surface area contributed by atoms with Gasteiger partial charge in [-0.05, 0) is 24.6 Å². The number of rotatable bonds is 6. The van der Waals surface area contributed by atoms with E-state index in [0.29, 0.717) is 28.8 Å². The summed E-state index contributed by atoms with van der Waals surface area (Å²) in [5, 5.41) is 18.4. The Morgan fingerprint density at radius 2 is 2.33 bits per heavy atom. The SMILES string of the molecule is CCCCOC(=N)c1c(Nc2cccc(Cl)c2)n[nH]c1N. The number of anilines is 3. The topological polar surface area (TPSA) is 99.8 Å². The average molecular weight is 308 g/mol. The summed E-state index contributed by atoms with van der Waals surface area (Å²) in [4.78, 5) is 0. The van der Waals surface area contributed by atoms with E-state index in [0.717, 1.165) is 18.5 Å². The van der Waals surface area contributed by atoms with Gasteiger partial charge in [0, 0.05) is 10.7 Å². The van der Waals surface area contributed by atoms with Crippen LogP contribution >= 0.6 is 11.6 Å². The Morgan fingerprint density at radius 3 is 3.05 bits per heavy atom. The molecule has 7 heteroatoms. The number of hydrogen-bond donors (Lipinski definition) is 4. The van der Waals surface area contributed by atoms with Crippen molar-refractivity contribution < 1.29 is 4.74 Å². The molecule has 1 aromatic carbocycles. The first-order valence-corrected chi connectivity index (χ1v) is 7.07. The van der Waals surface area contributed by atoms with Crippen LogP contribution in [0.3, 0.4) is 0 Å². The van der Waals surface area contributed by atoms with E-state index in [-0.39, 0.29) is 5.90 Å². The molecule has 21 heavy (non-hydrogen) atoms. The third-order valence-electron chi connectivity index (χ3n) is 2.85. The molecule has 1 aromatic heterocycles. The highest BCUT2D eigenvalue weighted by molar-refractivity contribution is 6.30. The molecule has 0 unspecified atom stereocenters. The minimum Gasteiger partial charge on any atom is -0.477 e. The lowest BCUT2D eigenvalue weighted by Gasteiger charge is -2.09. The molecule has 5 N–H and O–H groups in total. The summed E-state index contributed by atoms with van der Waals surface area (Å²) in [5.41, 5.74) is 7.01. The van der Waals surface area contributed by atoms with Gasteiger partial charge in [0.1, 0.15) is 11.4 Å². The number of unbranched alkanes of at least 4 members (excludes halogenated alkanes) is 1. The second kappa shape index (κ2) is 6.99. The second-order valence-electron chi connectivity index (χ2n) is 4.53. The van der Waals surface area contributed by atoms with Crippen LogP contribution in [0, 0.1) is 5.41 Å². The molecular weight excluding hydrogens is 290 g/mol. The van der Waals surface area contributed by atoms with E-state index < -0.39 is 0 Å². The van der Waals surface area contributed by atoms with Crippen molar-refractivity contribution in [2.75, 3.05) is 17.7 Å². The van der Waals surface area contributed by atoms with Gasteiger partial charge in [-0.25, -0.2) is 0 Å². The molecule has 0 aliphatic carbocycles. The van der Waals surface area contributed by atoms with Gasteiger partial charge in [0.25, 0.3) is 0 Å². The predicted molar refractivity (Wildman–Crippen MR) is 85.4 cm³/mol. The molecule has 2 rings (SSSR count). The maximum atomic E-state index is 7.99. The number of nitrogens with two attached hydrogens (primary N) is 1. The lowest BCUT2D eigenvalue weighted by molar-refractivity contribution is 0.295. The Kier molecular flexibility index (Phi) is 5.05. The lowest BCUT2D eigenvalue weighted by Crippen LogP contribution is -2.10. The van der Waals surface area contributed by atoms with Crippen molar-refractivity contribution >= 4 is 34.8 Å². The molecule has 0 saturated carbocycles. The monoisotopic (exact) mass is 307 g/mol. The van der Waals surface area contributed by atoms with Crippen LogP contribution in [0.1, 0.15) is 25.3 Å². The summed E-state index contributed by atoms with van der Waals surface area (Å²) >= 11 is 5.94. The minimum absolute atomic E-state index is 0.000715. The molecule has 0 aliphatic rings. The summed E-state index contributed by atoms with van der Waals surface area (Å²) in [6.45, 7) is 2.54. The molecule has 112 valence electrons. The molecule has 2 aromatic rings. The van der Waals surface area contributed by atoms with Gasteiger partial charge in [-0.15, -0.1) is 0 Å². The van der Waals surface area contributed by atoms with Crippen molar-refractivity contribution in [3.05, 3.63) is 34.9 Å². The number of nitrogen functional groups attached to an aromatic ring is 1. The number of aromatic amines is 1. The zero-order chi connectivity index (χ0) is 15.2. The molecule has 0 bridgehead atoms. The number of nitrogens with zero attached hydrogens (tertiary/aromatic N) is 1. The zero-order valence-corrected chi connectivity index (χ0v) is 12.5. The van der Waals surface area contributed by atoms with Gasteiger partial charge in [-0.1, -0.05) is 31.0 Å². The molecule has 0 amide bonds. The molecule has 0 fully saturated rings. The third kappa shape index (κ3) is 3.88. The average Bonchev–Trinajstić information content (AvgIpc) is 2.80. The first kappa shape index (κ1) is 15.2. The van der Waals surface area contributed by atoms with Crippen LogP contribution in [0.15, 0.2) is 24.3 Å². The van der Waals surface area contributed by atoms with Crippen LogP contribution in [-0.4, -0.2) is 22.7 Å². The molecular formula is C14H18ClN5O. The number of halogens is 1. The summed E-state index contributed by atoms with van der Waals surface area (Å²) in [6, 6.07) is 7.21. The summed E-state index contributed by atoms with van der Waals surface area (Å²) < 4.78 is 5.39. The Hall–Kier alpha value is -2.21. The molecule has 1 heterocycles. The predicted octanol–water partition coefficient (Wildman–Crippen LogP) is 3.53. The second-order valence-corrected chi connectivity index (χ2v) is 4.96. The van der Waals surface area contributed by atoms with Gasteiger partial charge in [-0.2, -0.15) is 5.10 Å². The summed E-state index contributed by atoms with van der Waals surface area (Å²) in [5.74, 6) is 0.733. The van der Waals surface area contributed by atoms with E-state index in [1.54, 1.807) is 12.1 Å². The van der Waals surface area contributed by atoms with Gasteiger partial charge in [0.15, 0.2) is 5.82 Å². The van der Waals surface area contributed by atoms with E-state index in [1.165, 1.54) is 0 Å². The molecule has 0 radical (unpaired) electrons. The van der Waals surface area contributed by atoms with Gasteiger partial charge in [0.2, 0.25) is 5.90 Å². The van der Waals surface area contributed by atoms with E-state index >= 15 is 0 Å². The lowest BCUT2D eigenvalue weighted by atomic mass is 10.2. The number of ether oxygens (including phenoxy) is 1. The Bertz CT molecular complexity index is 626. The fraction of sp³-hybridized carbons (Fsp3) is 0.286. The van der Waals surface area contributed by atoms with Crippen LogP contribution in [0.4, 0.5) is 17.3 Å². The maximum Gasteiger partial charge on any atom is 0.220 e. The number of aromatic nitrogens is 2. The van der Waals surface area contributed by atoms with E-state index in [2.05, 4.69) is 22.4 Å². The first-order chi connectivity index (χ1) is 10.1. The van der Waals surface area contributed by atoms with Crippen molar-refractivity contribution in [2.24, 2.45) is 0 Å². The number of benzene rings is 1. The Labute approximate surface area is 128 Å². The number of hydrogen-bond acceptors (Lipinski definition) is 5. The van der Waals surface area contributed by atoms with Gasteiger partial charge in [-0.3, -0.25) is 10.5 Å². The number of nitrogens with one attached hydrogen (secondary N) is 3. The van der Waals surface area contributed by atoms with Gasteiger partial charge >= 0.3 is 0 Å². The molecule has 0 spiro atoms. The minimum atomic E-state index is -0.000715. The fourth-order valence-electron chi connectivity index (χ4n) is 1.77. The smallest absolute Gasteiger partial charge is 0.220 e. The highest BCUT2D eigenvalue weighted by atomic mass is 35.5. The zero-order valence-electron chi connectivity index (χ0n) is 11.7. The van der Waals surface area contributed by atoms with Gasteiger partial charge in [0.05, 0.1) is 6.61 Å². The highest BCUT2D eigenvalue weighted by Gasteiger charge is 2.17. The molecule has 0 aliphatic heterocycles. The van der Waals surface area contributed by atoms with E-state index in [9.17, 15) is 0 Å². The standard InChI is InChI=1S/C14H18ClN5O/c1-2-3-7-21-13(17)11-12(16)19-20-14(11)18-10-6-4-5-9(15)8-10/h4-6,8,17H,2-3,7H2,1H3,(H4,16,18,19,20). The van der Waals surface area contributed by atoms with Crippen molar-refractivity contribution in [1.82, 2.24) is 10.2 Å². The van der Waals surface area contributed by atoms with Crippen molar-refractivity contribution in [1.29, 1.82) is 5.41 Å². The van der Waals surface area contributed by atoms with Crippen LogP contribution < -0.4 is 11.1 Å². The maximum absolute atomic E-state index is 7.99. The highest BCUT2D eigenvalue weighted by Crippen LogP contribution is 2.25. The van der Waals surface area contributed by atoms with Crippen LogP contribution in [0.25, 0.3) is 0 Å². The largest absolute Gasteiger partial charge is 0.477 e. The summed E-state index contributed by atoms with van der Waals surface area (Å²) in [7, 11) is 0. The Balaban J connectivity index is 2.16. The van der Waals surface area contributed by atoms with Crippen molar-refractivity contribution in [3.63, 3.8) is 0 Å². The molecule has 0 atom stereocenters. The molecule has 6 nitrogen and oxygen atoms in total. The van der Waals surface area contributed by atoms with Crippen LogP contribution in [0.2, 0.25) is 5.02 Å². The normalized spacial score (nSPS) is 10.4.